The van der Waals surface area contributed by atoms with Crippen molar-refractivity contribution in [1.82, 2.24) is 3.11 Å². The maximum absolute atomic E-state index is 5.46. The fourth-order valence-corrected chi connectivity index (χ4v) is 2.20. The van der Waals surface area contributed by atoms with Crippen LogP contribution in [0, 0.1) is 0 Å². The lowest BCUT2D eigenvalue weighted by atomic mass is 10.1. The van der Waals surface area contributed by atoms with E-state index in [1.165, 1.54) is 5.56 Å². The Balaban J connectivity index is 2.15. The van der Waals surface area contributed by atoms with Crippen molar-refractivity contribution >= 4 is 22.9 Å². The first-order valence-electron chi connectivity index (χ1n) is 4.43. The molecule has 0 radical (unpaired) electrons. The maximum atomic E-state index is 5.46. The summed E-state index contributed by atoms with van der Waals surface area (Å²) in [6.07, 6.45) is 0. The highest BCUT2D eigenvalue weighted by atomic mass is 127. The number of hydrogen-bond acceptors (Lipinski definition) is 2. The Morgan fingerprint density at radius 1 is 1.31 bits per heavy atom. The number of halogens is 1. The van der Waals surface area contributed by atoms with Gasteiger partial charge in [-0.1, -0.05) is 30.3 Å². The van der Waals surface area contributed by atoms with Crippen molar-refractivity contribution in [1.29, 1.82) is 0 Å². The van der Waals surface area contributed by atoms with Crippen LogP contribution >= 0.6 is 22.9 Å². The maximum Gasteiger partial charge on any atom is 0.0678 e. The van der Waals surface area contributed by atoms with Crippen molar-refractivity contribution in [2.24, 2.45) is 0 Å². The highest BCUT2D eigenvalue weighted by Crippen LogP contribution is 2.26. The zero-order valence-corrected chi connectivity index (χ0v) is 9.48. The summed E-state index contributed by atoms with van der Waals surface area (Å²) in [5, 5.41) is 0. The van der Waals surface area contributed by atoms with Crippen molar-refractivity contribution in [3.05, 3.63) is 35.9 Å². The van der Waals surface area contributed by atoms with Gasteiger partial charge in [0.25, 0.3) is 0 Å². The second kappa shape index (κ2) is 4.39. The average Bonchev–Trinajstić information content (AvgIpc) is 2.20. The van der Waals surface area contributed by atoms with E-state index in [0.29, 0.717) is 6.04 Å². The first-order chi connectivity index (χ1) is 6.38. The van der Waals surface area contributed by atoms with Crippen LogP contribution in [0.25, 0.3) is 0 Å². The number of hydrogen-bond donors (Lipinski definition) is 0. The number of nitrogens with zero attached hydrogens (tertiary/aromatic N) is 1. The molecule has 70 valence electrons. The third kappa shape index (κ3) is 2.21. The summed E-state index contributed by atoms with van der Waals surface area (Å²) in [6, 6.07) is 10.9. The van der Waals surface area contributed by atoms with Crippen LogP contribution < -0.4 is 0 Å². The Hall–Kier alpha value is -0.130. The van der Waals surface area contributed by atoms with Crippen molar-refractivity contribution in [3.63, 3.8) is 0 Å². The Kier molecular flexibility index (Phi) is 3.18. The number of morpholine rings is 1. The van der Waals surface area contributed by atoms with Gasteiger partial charge < -0.3 is 4.74 Å². The van der Waals surface area contributed by atoms with E-state index in [2.05, 4.69) is 50.2 Å². The smallest absolute Gasteiger partial charge is 0.0678 e. The van der Waals surface area contributed by atoms with E-state index < -0.39 is 0 Å². The Morgan fingerprint density at radius 3 is 2.77 bits per heavy atom. The van der Waals surface area contributed by atoms with Gasteiger partial charge in [0, 0.05) is 29.4 Å². The molecule has 0 aliphatic carbocycles. The van der Waals surface area contributed by atoms with E-state index in [0.717, 1.165) is 19.8 Å². The zero-order valence-electron chi connectivity index (χ0n) is 7.32. The standard InChI is InChI=1S/C10H12INO/c11-12-6-7-13-8-10(12)9-4-2-1-3-5-9/h1-5,10H,6-8H2. The molecule has 1 aliphatic rings. The predicted octanol–water partition coefficient (Wildman–Crippen LogP) is 2.41. The molecule has 1 aliphatic heterocycles. The molecule has 1 unspecified atom stereocenters. The van der Waals surface area contributed by atoms with Gasteiger partial charge in [-0.15, -0.1) is 0 Å². The van der Waals surface area contributed by atoms with Gasteiger partial charge in [-0.05, 0) is 5.56 Å². The fourth-order valence-electron chi connectivity index (χ4n) is 1.52. The monoisotopic (exact) mass is 289 g/mol. The van der Waals surface area contributed by atoms with Crippen molar-refractivity contribution in [3.8, 4) is 0 Å². The first-order valence-corrected chi connectivity index (χ1v) is 5.39. The topological polar surface area (TPSA) is 12.5 Å². The highest BCUT2D eigenvalue weighted by molar-refractivity contribution is 14.1. The highest BCUT2D eigenvalue weighted by Gasteiger charge is 2.21. The molecule has 1 atom stereocenters. The van der Waals surface area contributed by atoms with E-state index in [9.17, 15) is 0 Å². The minimum Gasteiger partial charge on any atom is -0.378 e. The lowest BCUT2D eigenvalue weighted by Gasteiger charge is -2.30. The number of benzene rings is 1. The molecule has 1 heterocycles. The predicted molar refractivity (Wildman–Crippen MR) is 60.7 cm³/mol. The first kappa shape index (κ1) is 9.43. The molecule has 1 aromatic carbocycles. The number of rotatable bonds is 1. The molecule has 0 bridgehead atoms. The molecule has 1 aromatic rings. The van der Waals surface area contributed by atoms with E-state index in [4.69, 9.17) is 4.74 Å². The molecule has 1 saturated heterocycles. The van der Waals surface area contributed by atoms with Crippen LogP contribution in [-0.2, 0) is 4.74 Å². The van der Waals surface area contributed by atoms with Gasteiger partial charge in [0.1, 0.15) is 0 Å². The molecular weight excluding hydrogens is 277 g/mol. The molecule has 2 nitrogen and oxygen atoms in total. The Morgan fingerprint density at radius 2 is 2.08 bits per heavy atom. The van der Waals surface area contributed by atoms with Crippen LogP contribution in [0.15, 0.2) is 30.3 Å². The molecule has 3 heteroatoms. The molecule has 1 fully saturated rings. The summed E-state index contributed by atoms with van der Waals surface area (Å²) in [5.41, 5.74) is 1.34. The summed E-state index contributed by atoms with van der Waals surface area (Å²) >= 11 is 2.38. The van der Waals surface area contributed by atoms with Crippen LogP contribution in [0.2, 0.25) is 0 Å². The summed E-state index contributed by atoms with van der Waals surface area (Å²) < 4.78 is 7.78. The molecule has 0 aromatic heterocycles. The summed E-state index contributed by atoms with van der Waals surface area (Å²) in [4.78, 5) is 0. The van der Waals surface area contributed by atoms with Crippen LogP contribution in [0.5, 0.6) is 0 Å². The third-order valence-electron chi connectivity index (χ3n) is 2.25. The molecule has 0 spiro atoms. The SMILES string of the molecule is IN1CCOCC1c1ccccc1. The zero-order chi connectivity index (χ0) is 9.10. The van der Waals surface area contributed by atoms with E-state index in [1.54, 1.807) is 0 Å². The molecule has 0 N–H and O–H groups in total. The van der Waals surface area contributed by atoms with Gasteiger partial charge in [0.05, 0.1) is 19.3 Å². The van der Waals surface area contributed by atoms with Crippen LogP contribution in [-0.4, -0.2) is 22.9 Å². The normalized spacial score (nSPS) is 24.5. The second-order valence-electron chi connectivity index (χ2n) is 3.12. The molecular formula is C10H12INO. The lowest BCUT2D eigenvalue weighted by molar-refractivity contribution is 0.0447. The van der Waals surface area contributed by atoms with Crippen LogP contribution in [0.3, 0.4) is 0 Å². The Bertz CT molecular complexity index is 265. The molecule has 13 heavy (non-hydrogen) atoms. The van der Waals surface area contributed by atoms with Gasteiger partial charge in [-0.25, -0.2) is 3.11 Å². The average molecular weight is 289 g/mol. The van der Waals surface area contributed by atoms with Crippen molar-refractivity contribution in [2.75, 3.05) is 19.8 Å². The fraction of sp³-hybridized carbons (Fsp3) is 0.400. The van der Waals surface area contributed by atoms with Gasteiger partial charge in [0.15, 0.2) is 0 Å². The van der Waals surface area contributed by atoms with E-state index in [-0.39, 0.29) is 0 Å². The number of ether oxygens (including phenoxy) is 1. The Labute approximate surface area is 92.4 Å². The quantitative estimate of drug-likeness (QED) is 0.581. The van der Waals surface area contributed by atoms with E-state index in [1.807, 2.05) is 6.07 Å². The lowest BCUT2D eigenvalue weighted by Crippen LogP contribution is -2.32. The summed E-state index contributed by atoms with van der Waals surface area (Å²) in [7, 11) is 0. The second-order valence-corrected chi connectivity index (χ2v) is 4.36. The van der Waals surface area contributed by atoms with Crippen LogP contribution in [0.1, 0.15) is 11.6 Å². The van der Waals surface area contributed by atoms with Gasteiger partial charge in [-0.3, -0.25) is 0 Å². The van der Waals surface area contributed by atoms with Gasteiger partial charge in [-0.2, -0.15) is 0 Å². The summed E-state index contributed by atoms with van der Waals surface area (Å²) in [6.45, 7) is 2.68. The third-order valence-corrected chi connectivity index (χ3v) is 3.40. The van der Waals surface area contributed by atoms with Gasteiger partial charge >= 0.3 is 0 Å². The molecule has 2 rings (SSSR count). The minimum atomic E-state index is 0.426. The van der Waals surface area contributed by atoms with Crippen molar-refractivity contribution < 1.29 is 4.74 Å². The van der Waals surface area contributed by atoms with Crippen LogP contribution in [0.4, 0.5) is 0 Å². The minimum absolute atomic E-state index is 0.426. The van der Waals surface area contributed by atoms with Crippen molar-refractivity contribution in [2.45, 2.75) is 6.04 Å². The van der Waals surface area contributed by atoms with E-state index >= 15 is 0 Å². The largest absolute Gasteiger partial charge is 0.378 e. The van der Waals surface area contributed by atoms with Gasteiger partial charge in [0.2, 0.25) is 0 Å². The summed E-state index contributed by atoms with van der Waals surface area (Å²) in [5.74, 6) is 0. The molecule has 0 amide bonds. The molecule has 0 saturated carbocycles.